The lowest BCUT2D eigenvalue weighted by atomic mass is 9.95. The zero-order valence-corrected chi connectivity index (χ0v) is 18.9. The van der Waals surface area contributed by atoms with E-state index in [0.717, 1.165) is 56.5 Å². The van der Waals surface area contributed by atoms with Crippen LogP contribution in [0, 0.1) is 0 Å². The van der Waals surface area contributed by atoms with Crippen LogP contribution in [-0.2, 0) is 6.42 Å². The molecule has 4 heterocycles. The summed E-state index contributed by atoms with van der Waals surface area (Å²) in [4.78, 5) is 32.3. The largest absolute Gasteiger partial charge is 0.384 e. The Morgan fingerprint density at radius 1 is 1.15 bits per heavy atom. The summed E-state index contributed by atoms with van der Waals surface area (Å²) in [5, 5.41) is 1.67. The third-order valence-corrected chi connectivity index (χ3v) is 7.07. The van der Waals surface area contributed by atoms with Crippen molar-refractivity contribution in [3.05, 3.63) is 76.2 Å². The number of aromatic nitrogens is 5. The molecule has 1 atom stereocenters. The molecular formula is C25H22N6OS. The van der Waals surface area contributed by atoms with Gasteiger partial charge in [-0.15, -0.1) is 11.3 Å². The second-order valence-corrected chi connectivity index (χ2v) is 9.48. The molecule has 8 heteroatoms. The predicted octanol–water partition coefficient (Wildman–Crippen LogP) is 4.73. The molecule has 0 amide bonds. The zero-order chi connectivity index (χ0) is 22.5. The summed E-state index contributed by atoms with van der Waals surface area (Å²) in [6.45, 7) is 2.16. The molecule has 0 saturated heterocycles. The fourth-order valence-electron chi connectivity index (χ4n) is 4.58. The maximum absolute atomic E-state index is 13.9. The molecule has 0 unspecified atom stereocenters. The molecule has 1 aliphatic carbocycles. The lowest BCUT2D eigenvalue weighted by Crippen LogP contribution is -2.25. The molecule has 6 rings (SSSR count). The minimum Gasteiger partial charge on any atom is -0.384 e. The van der Waals surface area contributed by atoms with Crippen LogP contribution in [0.3, 0.4) is 0 Å². The Morgan fingerprint density at radius 2 is 2.03 bits per heavy atom. The first-order valence-corrected chi connectivity index (χ1v) is 11.9. The van der Waals surface area contributed by atoms with E-state index >= 15 is 0 Å². The number of hydrogen-bond acceptors (Lipinski definition) is 7. The summed E-state index contributed by atoms with van der Waals surface area (Å²) in [5.41, 5.74) is 12.2. The van der Waals surface area contributed by atoms with Crippen molar-refractivity contribution >= 4 is 38.3 Å². The van der Waals surface area contributed by atoms with Crippen molar-refractivity contribution in [3.8, 4) is 11.1 Å². The lowest BCUT2D eigenvalue weighted by molar-refractivity contribution is 0.603. The molecule has 1 aliphatic rings. The number of hydrogen-bond donors (Lipinski definition) is 1. The highest BCUT2D eigenvalue weighted by atomic mass is 32.1. The minimum atomic E-state index is 0.0609. The Labute approximate surface area is 194 Å². The number of nitrogens with zero attached hydrogens (tertiary/aromatic N) is 5. The summed E-state index contributed by atoms with van der Waals surface area (Å²) in [6, 6.07) is 12.1. The monoisotopic (exact) mass is 454 g/mol. The number of thiazole rings is 1. The number of nitrogen functional groups attached to an aromatic ring is 1. The molecular weight excluding hydrogens is 432 g/mol. The Balaban J connectivity index is 1.50. The summed E-state index contributed by atoms with van der Waals surface area (Å²) < 4.78 is 2.01. The van der Waals surface area contributed by atoms with Crippen molar-refractivity contribution in [1.29, 1.82) is 0 Å². The highest BCUT2D eigenvalue weighted by Crippen LogP contribution is 2.38. The molecule has 7 nitrogen and oxygen atoms in total. The van der Waals surface area contributed by atoms with Crippen LogP contribution >= 0.6 is 11.3 Å². The molecule has 0 spiro atoms. The van der Waals surface area contributed by atoms with Gasteiger partial charge in [-0.2, -0.15) is 0 Å². The molecule has 0 bridgehead atoms. The smallest absolute Gasteiger partial charge is 0.259 e. The Morgan fingerprint density at radius 3 is 2.82 bits per heavy atom. The SMILES string of the molecule is C[C@H](Cc1ncnc2scnc12)c1cc2cccc(-c3ccc(N)nc3)c2c(=O)n1C1CC1. The van der Waals surface area contributed by atoms with E-state index in [-0.39, 0.29) is 17.5 Å². The fourth-order valence-corrected chi connectivity index (χ4v) is 5.22. The Hall–Kier alpha value is -3.65. The van der Waals surface area contributed by atoms with E-state index in [1.165, 1.54) is 11.3 Å². The van der Waals surface area contributed by atoms with Gasteiger partial charge in [0.15, 0.2) is 0 Å². The zero-order valence-electron chi connectivity index (χ0n) is 18.1. The van der Waals surface area contributed by atoms with Gasteiger partial charge in [0.05, 0.1) is 16.6 Å². The number of benzene rings is 1. The maximum Gasteiger partial charge on any atom is 0.259 e. The van der Waals surface area contributed by atoms with Gasteiger partial charge in [-0.05, 0) is 42.0 Å². The van der Waals surface area contributed by atoms with Crippen LogP contribution in [0.2, 0.25) is 0 Å². The predicted molar refractivity (Wildman–Crippen MR) is 131 cm³/mol. The van der Waals surface area contributed by atoms with E-state index in [0.29, 0.717) is 12.2 Å². The number of anilines is 1. The van der Waals surface area contributed by atoms with E-state index in [2.05, 4.69) is 32.9 Å². The number of pyridine rings is 2. The fraction of sp³-hybridized carbons (Fsp3) is 0.240. The number of rotatable bonds is 5. The average molecular weight is 455 g/mol. The third kappa shape index (κ3) is 3.47. The van der Waals surface area contributed by atoms with E-state index < -0.39 is 0 Å². The highest BCUT2D eigenvalue weighted by molar-refractivity contribution is 7.16. The van der Waals surface area contributed by atoms with Crippen molar-refractivity contribution in [2.45, 2.75) is 38.1 Å². The molecule has 1 saturated carbocycles. The van der Waals surface area contributed by atoms with Gasteiger partial charge in [0.2, 0.25) is 0 Å². The van der Waals surface area contributed by atoms with Crippen molar-refractivity contribution in [3.63, 3.8) is 0 Å². The van der Waals surface area contributed by atoms with Crippen LogP contribution in [0.1, 0.15) is 43.1 Å². The molecule has 33 heavy (non-hydrogen) atoms. The molecule has 1 fully saturated rings. The first kappa shape index (κ1) is 20.0. The van der Waals surface area contributed by atoms with Crippen LogP contribution in [-0.4, -0.2) is 24.5 Å². The van der Waals surface area contributed by atoms with Crippen LogP contribution in [0.15, 0.2) is 59.2 Å². The van der Waals surface area contributed by atoms with Gasteiger partial charge in [0.1, 0.15) is 22.5 Å². The van der Waals surface area contributed by atoms with Gasteiger partial charge in [0, 0.05) is 35.8 Å². The van der Waals surface area contributed by atoms with Gasteiger partial charge in [-0.3, -0.25) is 4.79 Å². The quantitative estimate of drug-likeness (QED) is 0.412. The van der Waals surface area contributed by atoms with E-state index in [1.807, 2.05) is 28.8 Å². The first-order chi connectivity index (χ1) is 16.1. The van der Waals surface area contributed by atoms with Crippen molar-refractivity contribution < 1.29 is 0 Å². The maximum atomic E-state index is 13.9. The van der Waals surface area contributed by atoms with Gasteiger partial charge in [-0.1, -0.05) is 25.1 Å². The number of fused-ring (bicyclic) bond motifs is 2. The van der Waals surface area contributed by atoms with E-state index in [1.54, 1.807) is 24.1 Å². The summed E-state index contributed by atoms with van der Waals surface area (Å²) in [7, 11) is 0. The highest BCUT2D eigenvalue weighted by Gasteiger charge is 2.30. The van der Waals surface area contributed by atoms with E-state index in [4.69, 9.17) is 5.73 Å². The molecule has 4 aromatic heterocycles. The van der Waals surface area contributed by atoms with Gasteiger partial charge in [0.25, 0.3) is 5.56 Å². The van der Waals surface area contributed by atoms with Gasteiger partial charge in [-0.25, -0.2) is 19.9 Å². The van der Waals surface area contributed by atoms with Crippen molar-refractivity contribution in [2.75, 3.05) is 5.73 Å². The van der Waals surface area contributed by atoms with Crippen LogP contribution in [0.4, 0.5) is 5.82 Å². The first-order valence-electron chi connectivity index (χ1n) is 11.0. The lowest BCUT2D eigenvalue weighted by Gasteiger charge is -2.20. The van der Waals surface area contributed by atoms with Crippen molar-refractivity contribution in [2.24, 2.45) is 0 Å². The standard InChI is InChI=1S/C25H22N6OS/c1-14(9-19-23-24(29-12-28-19)33-13-30-23)20-10-15-3-2-4-18(16-5-8-21(26)27-11-16)22(15)25(32)31(20)17-6-7-17/h2-5,8,10-14,17H,6-7,9H2,1H3,(H2,26,27)/t14-/m1/s1. The second kappa shape index (κ2) is 7.74. The topological polar surface area (TPSA) is 99.6 Å². The summed E-state index contributed by atoms with van der Waals surface area (Å²) in [5.74, 6) is 0.564. The van der Waals surface area contributed by atoms with Crippen LogP contribution in [0.25, 0.3) is 32.2 Å². The molecule has 1 aromatic carbocycles. The van der Waals surface area contributed by atoms with Gasteiger partial charge >= 0.3 is 0 Å². The van der Waals surface area contributed by atoms with Crippen LogP contribution < -0.4 is 11.3 Å². The molecule has 2 N–H and O–H groups in total. The number of nitrogens with two attached hydrogens (primary N) is 1. The molecule has 0 aliphatic heterocycles. The normalized spacial score (nSPS) is 14.7. The van der Waals surface area contributed by atoms with Crippen LogP contribution in [0.5, 0.6) is 0 Å². The average Bonchev–Trinajstić information content (AvgIpc) is 3.54. The Bertz CT molecular complexity index is 1550. The van der Waals surface area contributed by atoms with Gasteiger partial charge < -0.3 is 10.3 Å². The molecule has 164 valence electrons. The Kier molecular flexibility index (Phi) is 4.69. The third-order valence-electron chi connectivity index (χ3n) is 6.34. The van der Waals surface area contributed by atoms with Crippen molar-refractivity contribution in [1.82, 2.24) is 24.5 Å². The summed E-state index contributed by atoms with van der Waals surface area (Å²) in [6.07, 6.45) is 6.09. The second-order valence-electron chi connectivity index (χ2n) is 8.65. The minimum absolute atomic E-state index is 0.0609. The van der Waals surface area contributed by atoms with E-state index in [9.17, 15) is 4.79 Å². The molecule has 0 radical (unpaired) electrons. The molecule has 5 aromatic rings. The summed E-state index contributed by atoms with van der Waals surface area (Å²) >= 11 is 1.52.